The first-order valence-electron chi connectivity index (χ1n) is 4.22. The number of aliphatic carboxylic acids is 1. The molecule has 4 heteroatoms. The average molecular weight is 171 g/mol. The van der Waals surface area contributed by atoms with Gasteiger partial charge < -0.3 is 14.7 Å². The Hall–Kier alpha value is -0.610. The van der Waals surface area contributed by atoms with Crippen molar-refractivity contribution in [3.63, 3.8) is 0 Å². The first-order valence-corrected chi connectivity index (χ1v) is 4.22. The number of hydrogen-bond acceptors (Lipinski definition) is 3. The first-order chi connectivity index (χ1) is 5.70. The number of rotatable bonds is 3. The quantitative estimate of drug-likeness (QED) is 0.638. The minimum Gasteiger partial charge on any atom is -0.481 e. The Morgan fingerprint density at radius 2 is 2.17 bits per heavy atom. The SMILES string of the molecule is O=C(O)CCN1CC2(COC2)C1. The van der Waals surface area contributed by atoms with Crippen molar-refractivity contribution in [3.8, 4) is 0 Å². The van der Waals surface area contributed by atoms with Crippen molar-refractivity contribution in [2.75, 3.05) is 32.8 Å². The molecule has 2 saturated heterocycles. The van der Waals surface area contributed by atoms with E-state index < -0.39 is 5.97 Å². The summed E-state index contributed by atoms with van der Waals surface area (Å²) < 4.78 is 5.11. The maximum absolute atomic E-state index is 10.2. The van der Waals surface area contributed by atoms with Crippen molar-refractivity contribution in [1.29, 1.82) is 0 Å². The van der Waals surface area contributed by atoms with Crippen LogP contribution in [-0.4, -0.2) is 48.8 Å². The van der Waals surface area contributed by atoms with E-state index in [1.54, 1.807) is 0 Å². The number of carboxylic acid groups (broad SMARTS) is 1. The van der Waals surface area contributed by atoms with Crippen molar-refractivity contribution in [2.45, 2.75) is 6.42 Å². The highest BCUT2D eigenvalue weighted by atomic mass is 16.5. The summed E-state index contributed by atoms with van der Waals surface area (Å²) in [5, 5.41) is 8.43. The molecule has 0 radical (unpaired) electrons. The van der Waals surface area contributed by atoms with E-state index in [-0.39, 0.29) is 6.42 Å². The summed E-state index contributed by atoms with van der Waals surface area (Å²) in [7, 11) is 0. The number of ether oxygens (including phenoxy) is 1. The van der Waals surface area contributed by atoms with Crippen LogP contribution in [0.25, 0.3) is 0 Å². The topological polar surface area (TPSA) is 49.8 Å². The second-order valence-electron chi connectivity index (χ2n) is 3.85. The van der Waals surface area contributed by atoms with Gasteiger partial charge in [0.1, 0.15) is 0 Å². The van der Waals surface area contributed by atoms with Crippen LogP contribution in [0.1, 0.15) is 6.42 Å². The van der Waals surface area contributed by atoms with Gasteiger partial charge in [-0.25, -0.2) is 0 Å². The van der Waals surface area contributed by atoms with Gasteiger partial charge in [0.2, 0.25) is 0 Å². The molecular weight excluding hydrogens is 158 g/mol. The third-order valence-electron chi connectivity index (χ3n) is 2.58. The van der Waals surface area contributed by atoms with Gasteiger partial charge in [-0.15, -0.1) is 0 Å². The van der Waals surface area contributed by atoms with Crippen molar-refractivity contribution in [1.82, 2.24) is 4.90 Å². The van der Waals surface area contributed by atoms with Crippen molar-refractivity contribution in [3.05, 3.63) is 0 Å². The molecule has 0 saturated carbocycles. The Kier molecular flexibility index (Phi) is 1.81. The second kappa shape index (κ2) is 2.71. The predicted octanol–water partition coefficient (Wildman–Crippen LogP) is -0.207. The lowest BCUT2D eigenvalue weighted by Crippen LogP contribution is -2.65. The highest BCUT2D eigenvalue weighted by Crippen LogP contribution is 2.37. The van der Waals surface area contributed by atoms with E-state index in [9.17, 15) is 4.79 Å². The van der Waals surface area contributed by atoms with E-state index >= 15 is 0 Å². The maximum Gasteiger partial charge on any atom is 0.304 e. The lowest BCUT2D eigenvalue weighted by molar-refractivity contribution is -0.189. The number of carbonyl (C=O) groups is 1. The van der Waals surface area contributed by atoms with Crippen LogP contribution in [0, 0.1) is 5.41 Å². The molecule has 0 unspecified atom stereocenters. The number of carboxylic acids is 1. The molecule has 0 aromatic rings. The van der Waals surface area contributed by atoms with E-state index in [0.29, 0.717) is 12.0 Å². The molecule has 0 aliphatic carbocycles. The van der Waals surface area contributed by atoms with E-state index in [1.165, 1.54) is 0 Å². The van der Waals surface area contributed by atoms with E-state index in [4.69, 9.17) is 9.84 Å². The molecule has 0 bridgehead atoms. The van der Waals surface area contributed by atoms with Gasteiger partial charge in [0.05, 0.1) is 19.6 Å². The fourth-order valence-electron chi connectivity index (χ4n) is 1.89. The monoisotopic (exact) mass is 171 g/mol. The molecular formula is C8H13NO3. The third kappa shape index (κ3) is 1.32. The number of hydrogen-bond donors (Lipinski definition) is 1. The fraction of sp³-hybridized carbons (Fsp3) is 0.875. The molecule has 68 valence electrons. The predicted molar refractivity (Wildman–Crippen MR) is 41.9 cm³/mol. The summed E-state index contributed by atoms with van der Waals surface area (Å²) in [5.74, 6) is -0.708. The van der Waals surface area contributed by atoms with Crippen molar-refractivity contribution in [2.24, 2.45) is 5.41 Å². The van der Waals surface area contributed by atoms with Gasteiger partial charge >= 0.3 is 5.97 Å². The molecule has 0 atom stereocenters. The van der Waals surface area contributed by atoms with E-state index in [2.05, 4.69) is 4.90 Å². The van der Waals surface area contributed by atoms with Crippen LogP contribution in [-0.2, 0) is 9.53 Å². The van der Waals surface area contributed by atoms with Crippen LogP contribution >= 0.6 is 0 Å². The average Bonchev–Trinajstić information content (AvgIpc) is 1.79. The molecule has 1 spiro atoms. The molecule has 2 aliphatic heterocycles. The van der Waals surface area contributed by atoms with Crippen molar-refractivity contribution < 1.29 is 14.6 Å². The number of likely N-dealkylation sites (tertiary alicyclic amines) is 1. The Morgan fingerprint density at radius 1 is 1.50 bits per heavy atom. The Labute approximate surface area is 71.1 Å². The number of nitrogens with zero attached hydrogens (tertiary/aromatic N) is 1. The van der Waals surface area contributed by atoms with Gasteiger partial charge in [0, 0.05) is 25.0 Å². The smallest absolute Gasteiger partial charge is 0.304 e. The fourth-order valence-corrected chi connectivity index (χ4v) is 1.89. The molecule has 1 N–H and O–H groups in total. The molecule has 0 amide bonds. The van der Waals surface area contributed by atoms with Gasteiger partial charge in [-0.3, -0.25) is 4.79 Å². The summed E-state index contributed by atoms with van der Waals surface area (Å²) in [5.41, 5.74) is 0.415. The molecule has 2 aliphatic rings. The van der Waals surface area contributed by atoms with Gasteiger partial charge in [-0.1, -0.05) is 0 Å². The molecule has 0 aromatic carbocycles. The normalized spacial score (nSPS) is 26.3. The second-order valence-corrected chi connectivity index (χ2v) is 3.85. The van der Waals surface area contributed by atoms with Crippen LogP contribution in [0.2, 0.25) is 0 Å². The van der Waals surface area contributed by atoms with Gasteiger partial charge in [-0.2, -0.15) is 0 Å². The van der Waals surface area contributed by atoms with Crippen LogP contribution in [0.15, 0.2) is 0 Å². The molecule has 2 rings (SSSR count). The molecule has 12 heavy (non-hydrogen) atoms. The van der Waals surface area contributed by atoms with Crippen LogP contribution in [0.3, 0.4) is 0 Å². The third-order valence-corrected chi connectivity index (χ3v) is 2.58. The summed E-state index contributed by atoms with van der Waals surface area (Å²) in [6.07, 6.45) is 0.261. The zero-order valence-corrected chi connectivity index (χ0v) is 6.95. The summed E-state index contributed by atoms with van der Waals surface area (Å²) >= 11 is 0. The van der Waals surface area contributed by atoms with E-state index in [1.807, 2.05) is 0 Å². The zero-order chi connectivity index (χ0) is 8.60. The minimum absolute atomic E-state index is 0.261. The molecule has 4 nitrogen and oxygen atoms in total. The first kappa shape index (κ1) is 8.01. The summed E-state index contributed by atoms with van der Waals surface area (Å²) in [4.78, 5) is 12.4. The molecule has 2 heterocycles. The van der Waals surface area contributed by atoms with Crippen LogP contribution < -0.4 is 0 Å². The largest absolute Gasteiger partial charge is 0.481 e. The Morgan fingerprint density at radius 3 is 2.58 bits per heavy atom. The standard InChI is InChI=1S/C8H13NO3/c10-7(11)1-2-9-3-8(4-9)5-12-6-8/h1-6H2,(H,10,11). The highest BCUT2D eigenvalue weighted by Gasteiger charge is 2.48. The van der Waals surface area contributed by atoms with Crippen LogP contribution in [0.5, 0.6) is 0 Å². The minimum atomic E-state index is -0.708. The highest BCUT2D eigenvalue weighted by molar-refractivity contribution is 5.66. The van der Waals surface area contributed by atoms with Crippen molar-refractivity contribution >= 4 is 5.97 Å². The lowest BCUT2D eigenvalue weighted by Gasteiger charge is -2.55. The molecule has 0 aromatic heterocycles. The Balaban J connectivity index is 1.64. The maximum atomic E-state index is 10.2. The summed E-state index contributed by atoms with van der Waals surface area (Å²) in [6.45, 7) is 4.49. The van der Waals surface area contributed by atoms with Gasteiger partial charge in [0.15, 0.2) is 0 Å². The van der Waals surface area contributed by atoms with Gasteiger partial charge in [-0.05, 0) is 0 Å². The molecule has 2 fully saturated rings. The summed E-state index contributed by atoms with van der Waals surface area (Å²) in [6, 6.07) is 0. The lowest BCUT2D eigenvalue weighted by atomic mass is 9.78. The zero-order valence-electron chi connectivity index (χ0n) is 6.95. The van der Waals surface area contributed by atoms with Gasteiger partial charge in [0.25, 0.3) is 0 Å². The Bertz CT molecular complexity index is 192. The van der Waals surface area contributed by atoms with Crippen LogP contribution in [0.4, 0.5) is 0 Å². The van der Waals surface area contributed by atoms with E-state index in [0.717, 1.165) is 26.3 Å².